The number of fused-ring (bicyclic) bond motifs is 1. The Balaban J connectivity index is 1.46. The van der Waals surface area contributed by atoms with Crippen molar-refractivity contribution >= 4 is 21.8 Å². The average molecular weight is 512 g/mol. The number of amides is 1. The molecule has 1 aliphatic rings. The van der Waals surface area contributed by atoms with Crippen molar-refractivity contribution < 1.29 is 22.4 Å². The molecule has 0 spiro atoms. The van der Waals surface area contributed by atoms with Gasteiger partial charge in [-0.05, 0) is 94.0 Å². The molecule has 1 unspecified atom stereocenters. The molecule has 0 fully saturated rings. The first-order valence-electron chi connectivity index (χ1n) is 12.2. The van der Waals surface area contributed by atoms with E-state index in [0.717, 1.165) is 36.0 Å². The van der Waals surface area contributed by atoms with Crippen LogP contribution < -0.4 is 4.72 Å². The predicted molar refractivity (Wildman–Crippen MR) is 138 cm³/mol. The highest BCUT2D eigenvalue weighted by atomic mass is 32.2. The molecule has 0 saturated carbocycles. The van der Waals surface area contributed by atoms with Crippen molar-refractivity contribution in [2.45, 2.75) is 69.9 Å². The van der Waals surface area contributed by atoms with E-state index in [1.54, 1.807) is 36.5 Å². The minimum absolute atomic E-state index is 0.0534. The molecule has 1 aromatic heterocycles. The van der Waals surface area contributed by atoms with Crippen LogP contribution in [0.5, 0.6) is 0 Å². The summed E-state index contributed by atoms with van der Waals surface area (Å²) >= 11 is 0. The van der Waals surface area contributed by atoms with Crippen molar-refractivity contribution in [1.82, 2.24) is 9.88 Å². The number of rotatable bonds is 7. The third-order valence-electron chi connectivity index (χ3n) is 6.08. The molecule has 0 bridgehead atoms. The second-order valence-corrected chi connectivity index (χ2v) is 11.7. The normalized spacial score (nSPS) is 15.7. The zero-order chi connectivity index (χ0) is 25.9. The molecule has 1 aliphatic carbocycles. The molecule has 1 atom stereocenters. The maximum atomic E-state index is 13.0. The molecule has 1 heterocycles. The molecule has 9 heteroatoms. The Morgan fingerprint density at radius 1 is 1.17 bits per heavy atom. The highest BCUT2D eigenvalue weighted by Crippen LogP contribution is 2.29. The summed E-state index contributed by atoms with van der Waals surface area (Å²) in [7, 11) is -3.75. The fourth-order valence-corrected chi connectivity index (χ4v) is 5.47. The highest BCUT2D eigenvalue weighted by molar-refractivity contribution is 7.92. The number of carbonyl (C=O) groups excluding carboxylic acids is 1. The Labute approximate surface area is 212 Å². The summed E-state index contributed by atoms with van der Waals surface area (Å²) in [5, 5.41) is 0. The first kappa shape index (κ1) is 25.8. The molecule has 1 N–H and O–H groups in total. The predicted octanol–water partition coefficient (Wildman–Crippen LogP) is 5.65. The minimum Gasteiger partial charge on any atom is -0.444 e. The number of anilines is 1. The summed E-state index contributed by atoms with van der Waals surface area (Å²) in [5.41, 5.74) is 2.93. The van der Waals surface area contributed by atoms with E-state index in [1.807, 2.05) is 44.7 Å². The second kappa shape index (κ2) is 10.3. The van der Waals surface area contributed by atoms with Gasteiger partial charge in [0.05, 0.1) is 11.1 Å². The average Bonchev–Trinajstić information content (AvgIpc) is 3.36. The maximum Gasteiger partial charge on any atom is 0.410 e. The lowest BCUT2D eigenvalue weighted by atomic mass is 9.87. The number of benzene rings is 2. The summed E-state index contributed by atoms with van der Waals surface area (Å²) in [5.74, 6) is 0.573. The molecule has 192 valence electrons. The van der Waals surface area contributed by atoms with Gasteiger partial charge < -0.3 is 14.1 Å². The van der Waals surface area contributed by atoms with Crippen LogP contribution in [0.4, 0.5) is 10.5 Å². The zero-order valence-electron chi connectivity index (χ0n) is 21.2. The smallest absolute Gasteiger partial charge is 0.410 e. The van der Waals surface area contributed by atoms with Crippen molar-refractivity contribution in [2.24, 2.45) is 0 Å². The van der Waals surface area contributed by atoms with Gasteiger partial charge in [0.15, 0.2) is 12.2 Å². The van der Waals surface area contributed by atoms with Crippen molar-refractivity contribution in [3.63, 3.8) is 0 Å². The van der Waals surface area contributed by atoms with Crippen molar-refractivity contribution in [2.75, 3.05) is 11.3 Å². The number of ether oxygens (including phenoxy) is 1. The van der Waals surface area contributed by atoms with Crippen LogP contribution in [-0.4, -0.2) is 42.6 Å². The van der Waals surface area contributed by atoms with Gasteiger partial charge in [0.25, 0.3) is 10.0 Å². The number of hydrogen-bond acceptors (Lipinski definition) is 6. The standard InChI is InChI=1S/C27H33N3O5S/c1-5-14-30(26(31)35-27(2,3)4)23-11-7-20-15-22(10-6-21(20)16-23)29-36(32,33)24-12-8-19(9-13-24)25-17-28-18-34-25/h6,8-10,12-13,15,17-18,23,29H,5,7,11,14,16H2,1-4H3. The van der Waals surface area contributed by atoms with Crippen LogP contribution in [0.15, 0.2) is 64.4 Å². The summed E-state index contributed by atoms with van der Waals surface area (Å²) in [6.45, 7) is 8.31. The first-order valence-corrected chi connectivity index (χ1v) is 13.7. The van der Waals surface area contributed by atoms with Gasteiger partial charge in [0.2, 0.25) is 0 Å². The first-order chi connectivity index (χ1) is 17.1. The van der Waals surface area contributed by atoms with E-state index in [1.165, 1.54) is 6.39 Å². The molecule has 8 nitrogen and oxygen atoms in total. The number of nitrogens with zero attached hydrogens (tertiary/aromatic N) is 2. The number of sulfonamides is 1. The number of nitrogens with one attached hydrogen (secondary N) is 1. The van der Waals surface area contributed by atoms with E-state index in [2.05, 4.69) is 9.71 Å². The Bertz CT molecular complexity index is 1300. The summed E-state index contributed by atoms with van der Waals surface area (Å²) < 4.78 is 39.5. The quantitative estimate of drug-likeness (QED) is 0.440. The summed E-state index contributed by atoms with van der Waals surface area (Å²) in [4.78, 5) is 18.7. The van der Waals surface area contributed by atoms with E-state index in [-0.39, 0.29) is 17.0 Å². The van der Waals surface area contributed by atoms with Crippen LogP contribution in [0.2, 0.25) is 0 Å². The van der Waals surface area contributed by atoms with Gasteiger partial charge in [0.1, 0.15) is 5.60 Å². The maximum absolute atomic E-state index is 13.0. The number of carbonyl (C=O) groups is 1. The molecule has 4 rings (SSSR count). The third-order valence-corrected chi connectivity index (χ3v) is 7.47. The summed E-state index contributed by atoms with van der Waals surface area (Å²) in [6.07, 6.45) is 5.74. The molecule has 0 saturated heterocycles. The van der Waals surface area contributed by atoms with Gasteiger partial charge in [-0.3, -0.25) is 4.72 Å². The van der Waals surface area contributed by atoms with E-state index >= 15 is 0 Å². The molecule has 36 heavy (non-hydrogen) atoms. The minimum atomic E-state index is -3.75. The van der Waals surface area contributed by atoms with Gasteiger partial charge in [-0.1, -0.05) is 13.0 Å². The largest absolute Gasteiger partial charge is 0.444 e. The van der Waals surface area contributed by atoms with Crippen LogP contribution in [0.3, 0.4) is 0 Å². The molecular weight excluding hydrogens is 478 g/mol. The van der Waals surface area contributed by atoms with Crippen LogP contribution >= 0.6 is 0 Å². The molecule has 1 amide bonds. The summed E-state index contributed by atoms with van der Waals surface area (Å²) in [6, 6.07) is 12.1. The Kier molecular flexibility index (Phi) is 7.40. The van der Waals surface area contributed by atoms with Gasteiger partial charge in [0, 0.05) is 23.8 Å². The van der Waals surface area contributed by atoms with E-state index in [4.69, 9.17) is 9.15 Å². The lowest BCUT2D eigenvalue weighted by Crippen LogP contribution is -2.46. The molecule has 2 aromatic carbocycles. The topological polar surface area (TPSA) is 102 Å². The Morgan fingerprint density at radius 3 is 2.56 bits per heavy atom. The third kappa shape index (κ3) is 6.07. The number of hydrogen-bond donors (Lipinski definition) is 1. The van der Waals surface area contributed by atoms with E-state index in [9.17, 15) is 13.2 Å². The fraction of sp³-hybridized carbons (Fsp3) is 0.407. The van der Waals surface area contributed by atoms with Crippen molar-refractivity contribution in [1.29, 1.82) is 0 Å². The monoisotopic (exact) mass is 511 g/mol. The SMILES string of the molecule is CCCN(C(=O)OC(C)(C)C)C1CCc2cc(NS(=O)(=O)c3ccc(-c4cnco4)cc3)ccc2C1. The van der Waals surface area contributed by atoms with Crippen molar-refractivity contribution in [3.05, 3.63) is 66.2 Å². The Morgan fingerprint density at radius 2 is 1.92 bits per heavy atom. The van der Waals surface area contributed by atoms with Crippen LogP contribution in [-0.2, 0) is 27.6 Å². The van der Waals surface area contributed by atoms with Gasteiger partial charge in [-0.2, -0.15) is 0 Å². The lowest BCUT2D eigenvalue weighted by molar-refractivity contribution is 0.0146. The molecule has 3 aromatic rings. The number of oxazole rings is 1. The zero-order valence-corrected chi connectivity index (χ0v) is 22.0. The van der Waals surface area contributed by atoms with Crippen LogP contribution in [0, 0.1) is 0 Å². The van der Waals surface area contributed by atoms with E-state index < -0.39 is 15.6 Å². The second-order valence-electron chi connectivity index (χ2n) is 10.0. The molecular formula is C27H33N3O5S. The lowest BCUT2D eigenvalue weighted by Gasteiger charge is -2.36. The molecule has 0 radical (unpaired) electrons. The van der Waals surface area contributed by atoms with Crippen LogP contribution in [0.25, 0.3) is 11.3 Å². The molecule has 0 aliphatic heterocycles. The van der Waals surface area contributed by atoms with Gasteiger partial charge >= 0.3 is 6.09 Å². The fourth-order valence-electron chi connectivity index (χ4n) is 4.42. The highest BCUT2D eigenvalue weighted by Gasteiger charge is 2.30. The van der Waals surface area contributed by atoms with Gasteiger partial charge in [-0.15, -0.1) is 0 Å². The van der Waals surface area contributed by atoms with E-state index in [0.29, 0.717) is 24.4 Å². The number of aryl methyl sites for hydroxylation is 1. The van der Waals surface area contributed by atoms with Crippen molar-refractivity contribution in [3.8, 4) is 11.3 Å². The Hall–Kier alpha value is -3.33. The van der Waals surface area contributed by atoms with Gasteiger partial charge in [-0.25, -0.2) is 18.2 Å². The number of aromatic nitrogens is 1. The van der Waals surface area contributed by atoms with Crippen LogP contribution in [0.1, 0.15) is 51.7 Å².